The molecule has 176 valence electrons. The van der Waals surface area contributed by atoms with Crippen LogP contribution in [0.2, 0.25) is 0 Å². The fourth-order valence-corrected chi connectivity index (χ4v) is 4.95. The molecule has 0 unspecified atom stereocenters. The van der Waals surface area contributed by atoms with Crippen molar-refractivity contribution < 1.29 is 22.7 Å². The molecule has 33 heavy (non-hydrogen) atoms. The quantitative estimate of drug-likeness (QED) is 0.436. The average Bonchev–Trinajstić information content (AvgIpc) is 3.45. The first-order valence-electron chi connectivity index (χ1n) is 11.4. The zero-order valence-corrected chi connectivity index (χ0v) is 19.3. The maximum absolute atomic E-state index is 15.4. The van der Waals surface area contributed by atoms with Gasteiger partial charge in [0.05, 0.1) is 6.42 Å². The minimum absolute atomic E-state index is 0.0451. The molecule has 0 saturated heterocycles. The Hall–Kier alpha value is -2.60. The Balaban J connectivity index is 1.60. The number of benzene rings is 2. The molecule has 2 N–H and O–H groups in total. The van der Waals surface area contributed by atoms with Crippen molar-refractivity contribution in [3.63, 3.8) is 0 Å². The molecule has 2 aromatic rings. The minimum Gasteiger partial charge on any atom is -0.460 e. The predicted molar refractivity (Wildman–Crippen MR) is 122 cm³/mol. The Morgan fingerprint density at radius 1 is 1.12 bits per heavy atom. The van der Waals surface area contributed by atoms with Gasteiger partial charge in [-0.3, -0.25) is 4.79 Å². The maximum atomic E-state index is 15.4. The van der Waals surface area contributed by atoms with E-state index in [1.807, 2.05) is 26.8 Å². The molecule has 0 heterocycles. The number of esters is 1. The first-order chi connectivity index (χ1) is 15.5. The summed E-state index contributed by atoms with van der Waals surface area (Å²) >= 11 is 0. The fourth-order valence-electron chi connectivity index (χ4n) is 4.95. The average molecular weight is 458 g/mol. The molecule has 2 aromatic carbocycles. The van der Waals surface area contributed by atoms with Gasteiger partial charge >= 0.3 is 5.97 Å². The van der Waals surface area contributed by atoms with Crippen molar-refractivity contribution in [3.8, 4) is 11.1 Å². The second kappa shape index (κ2) is 8.64. The van der Waals surface area contributed by atoms with Gasteiger partial charge < -0.3 is 10.5 Å². The molecule has 0 radical (unpaired) electrons. The smallest absolute Gasteiger partial charge is 0.310 e. The van der Waals surface area contributed by atoms with E-state index >= 15 is 4.39 Å². The number of carbonyl (C=O) groups is 1. The molecule has 0 bridgehead atoms. The number of rotatable bonds is 5. The molecule has 3 nitrogen and oxygen atoms in total. The summed E-state index contributed by atoms with van der Waals surface area (Å²) in [5.74, 6) is -2.44. The molecule has 1 saturated carbocycles. The van der Waals surface area contributed by atoms with E-state index in [1.54, 1.807) is 12.1 Å². The lowest BCUT2D eigenvalue weighted by atomic mass is 9.73. The third-order valence-electron chi connectivity index (χ3n) is 6.59. The van der Waals surface area contributed by atoms with Gasteiger partial charge in [0, 0.05) is 17.7 Å². The normalized spacial score (nSPS) is 21.6. The Morgan fingerprint density at radius 2 is 1.79 bits per heavy atom. The van der Waals surface area contributed by atoms with Crippen LogP contribution in [0.1, 0.15) is 52.0 Å². The number of halogens is 3. The van der Waals surface area contributed by atoms with E-state index in [0.717, 1.165) is 43.0 Å². The van der Waals surface area contributed by atoms with E-state index in [0.29, 0.717) is 12.0 Å². The third kappa shape index (κ3) is 5.32. The second-order valence-corrected chi connectivity index (χ2v) is 10.5. The Morgan fingerprint density at radius 3 is 2.39 bits per heavy atom. The van der Waals surface area contributed by atoms with Crippen LogP contribution in [0.5, 0.6) is 0 Å². The van der Waals surface area contributed by atoms with Crippen LogP contribution in [-0.4, -0.2) is 17.6 Å². The molecule has 2 aliphatic rings. The van der Waals surface area contributed by atoms with Gasteiger partial charge in [0.1, 0.15) is 23.1 Å². The summed E-state index contributed by atoms with van der Waals surface area (Å²) in [6.07, 6.45) is 5.29. The van der Waals surface area contributed by atoms with Gasteiger partial charge in [-0.05, 0) is 81.0 Å². The lowest BCUT2D eigenvalue weighted by Crippen LogP contribution is -2.42. The molecular weight excluding hydrogens is 427 g/mol. The highest BCUT2D eigenvalue weighted by Gasteiger charge is 2.52. The van der Waals surface area contributed by atoms with Gasteiger partial charge in [0.15, 0.2) is 0 Å². The van der Waals surface area contributed by atoms with Gasteiger partial charge in [-0.25, -0.2) is 13.2 Å². The maximum Gasteiger partial charge on any atom is 0.310 e. The number of ether oxygens (including phenoxy) is 1. The summed E-state index contributed by atoms with van der Waals surface area (Å²) in [4.78, 5) is 12.4. The SMILES string of the molecule is CC(C)(C)OC(=O)CC1=C[C@@H](Cc2cccc(-c3cc(F)cc(F)c3)c2F)[C@@H](N)C2(CC2)C1. The van der Waals surface area contributed by atoms with E-state index in [2.05, 4.69) is 0 Å². The minimum atomic E-state index is -0.755. The monoisotopic (exact) mass is 457 g/mol. The Bertz CT molecular complexity index is 1080. The topological polar surface area (TPSA) is 52.3 Å². The number of hydrogen-bond acceptors (Lipinski definition) is 3. The van der Waals surface area contributed by atoms with Crippen LogP contribution in [0.3, 0.4) is 0 Å². The van der Waals surface area contributed by atoms with Gasteiger partial charge in [-0.15, -0.1) is 0 Å². The summed E-state index contributed by atoms with van der Waals surface area (Å²) in [6.45, 7) is 5.50. The molecule has 0 aliphatic heterocycles. The number of hydrogen-bond donors (Lipinski definition) is 1. The van der Waals surface area contributed by atoms with Crippen molar-refractivity contribution in [2.45, 2.75) is 64.5 Å². The predicted octanol–water partition coefficient (Wildman–Crippen LogP) is 6.10. The number of nitrogens with two attached hydrogens (primary N) is 1. The van der Waals surface area contributed by atoms with Gasteiger partial charge in [-0.1, -0.05) is 29.8 Å². The molecule has 2 atom stereocenters. The summed E-state index contributed by atoms with van der Waals surface area (Å²) in [6, 6.07) is 7.73. The first-order valence-corrected chi connectivity index (χ1v) is 11.4. The van der Waals surface area contributed by atoms with E-state index < -0.39 is 23.1 Å². The summed E-state index contributed by atoms with van der Waals surface area (Å²) in [7, 11) is 0. The van der Waals surface area contributed by atoms with Gasteiger partial charge in [-0.2, -0.15) is 0 Å². The summed E-state index contributed by atoms with van der Waals surface area (Å²) in [5, 5.41) is 0. The second-order valence-electron chi connectivity index (χ2n) is 10.5. The first kappa shape index (κ1) is 23.6. The van der Waals surface area contributed by atoms with E-state index in [1.165, 1.54) is 6.07 Å². The molecule has 2 aliphatic carbocycles. The van der Waals surface area contributed by atoms with Crippen molar-refractivity contribution in [2.75, 3.05) is 0 Å². The van der Waals surface area contributed by atoms with Crippen LogP contribution in [0.15, 0.2) is 48.0 Å². The van der Waals surface area contributed by atoms with Crippen molar-refractivity contribution >= 4 is 5.97 Å². The largest absolute Gasteiger partial charge is 0.460 e. The van der Waals surface area contributed by atoms with Crippen LogP contribution in [0, 0.1) is 28.8 Å². The zero-order chi connectivity index (χ0) is 24.0. The molecule has 1 spiro atoms. The van der Waals surface area contributed by atoms with E-state index in [9.17, 15) is 13.6 Å². The van der Waals surface area contributed by atoms with Crippen LogP contribution in [0.4, 0.5) is 13.2 Å². The highest BCUT2D eigenvalue weighted by atomic mass is 19.1. The Kier molecular flexibility index (Phi) is 6.16. The molecule has 1 fully saturated rings. The highest BCUT2D eigenvalue weighted by Crippen LogP contribution is 2.57. The molecule has 0 aromatic heterocycles. The van der Waals surface area contributed by atoms with E-state index in [-0.39, 0.29) is 40.9 Å². The third-order valence-corrected chi connectivity index (χ3v) is 6.59. The lowest BCUT2D eigenvalue weighted by molar-refractivity contribution is -0.154. The summed E-state index contributed by atoms with van der Waals surface area (Å²) < 4.78 is 48.3. The highest BCUT2D eigenvalue weighted by molar-refractivity contribution is 5.73. The van der Waals surface area contributed by atoms with Crippen LogP contribution >= 0.6 is 0 Å². The van der Waals surface area contributed by atoms with Crippen molar-refractivity contribution in [1.82, 2.24) is 0 Å². The van der Waals surface area contributed by atoms with Crippen molar-refractivity contribution in [2.24, 2.45) is 17.1 Å². The van der Waals surface area contributed by atoms with Crippen LogP contribution in [-0.2, 0) is 16.0 Å². The lowest BCUT2D eigenvalue weighted by Gasteiger charge is -2.36. The van der Waals surface area contributed by atoms with E-state index in [4.69, 9.17) is 10.5 Å². The van der Waals surface area contributed by atoms with Crippen LogP contribution in [0.25, 0.3) is 11.1 Å². The molecule has 6 heteroatoms. The van der Waals surface area contributed by atoms with Crippen molar-refractivity contribution in [1.29, 1.82) is 0 Å². The van der Waals surface area contributed by atoms with Gasteiger partial charge in [0.25, 0.3) is 0 Å². The molecular formula is C27H30F3NO2. The fraction of sp³-hybridized carbons (Fsp3) is 0.444. The van der Waals surface area contributed by atoms with Crippen molar-refractivity contribution in [3.05, 3.63) is 71.1 Å². The standard InChI is InChI=1S/C27H30F3NO2/c1-26(2,3)33-23(32)10-16-9-19(25(31)27(15-16)7-8-27)11-17-5-4-6-22(24(17)30)18-12-20(28)14-21(29)13-18/h4-6,9,12-14,19,25H,7-8,10-11,15,31H2,1-3H3/t19-,25+/m0/s1. The summed E-state index contributed by atoms with van der Waals surface area (Å²) in [5.41, 5.74) is 7.73. The molecule has 0 amide bonds. The zero-order valence-electron chi connectivity index (χ0n) is 19.3. The van der Waals surface area contributed by atoms with Crippen LogP contribution < -0.4 is 5.73 Å². The molecule has 4 rings (SSSR count). The van der Waals surface area contributed by atoms with Gasteiger partial charge in [0.2, 0.25) is 0 Å². The number of carbonyl (C=O) groups excluding carboxylic acids is 1. The Labute approximate surface area is 192 Å².